The van der Waals surface area contributed by atoms with E-state index in [1.165, 1.54) is 25.9 Å². The van der Waals surface area contributed by atoms with Gasteiger partial charge < -0.3 is 4.90 Å². The lowest BCUT2D eigenvalue weighted by Gasteiger charge is -2.30. The molecule has 0 spiro atoms. The molecule has 3 aromatic rings. The first-order valence-electron chi connectivity index (χ1n) is 9.50. The van der Waals surface area contributed by atoms with E-state index in [0.29, 0.717) is 11.0 Å². The molecule has 0 N–H and O–H groups in total. The fraction of sp³-hybridized carbons (Fsp3) is 0.476. The molecule has 1 aliphatic rings. The van der Waals surface area contributed by atoms with Gasteiger partial charge in [0.05, 0.1) is 11.0 Å². The van der Waals surface area contributed by atoms with Crippen molar-refractivity contribution in [2.24, 2.45) is 5.92 Å². The zero-order valence-corrected chi connectivity index (χ0v) is 15.2. The van der Waals surface area contributed by atoms with Crippen molar-refractivity contribution in [2.75, 3.05) is 19.6 Å². The van der Waals surface area contributed by atoms with Gasteiger partial charge in [-0.2, -0.15) is 8.78 Å². The molecule has 4 rings (SSSR count). The van der Waals surface area contributed by atoms with E-state index in [-0.39, 0.29) is 0 Å². The lowest BCUT2D eigenvalue weighted by Crippen LogP contribution is -2.33. The fourth-order valence-corrected chi connectivity index (χ4v) is 4.10. The number of fused-ring (bicyclic) bond motifs is 3. The van der Waals surface area contributed by atoms with Crippen LogP contribution in [0.25, 0.3) is 21.8 Å². The van der Waals surface area contributed by atoms with Crippen LogP contribution in [0.5, 0.6) is 0 Å². The highest BCUT2D eigenvalue weighted by Gasteiger charge is 2.18. The van der Waals surface area contributed by atoms with Gasteiger partial charge in [-0.05, 0) is 68.9 Å². The number of rotatable bonds is 5. The molecule has 0 bridgehead atoms. The van der Waals surface area contributed by atoms with Crippen LogP contribution in [0, 0.1) is 5.92 Å². The standard InChI is InChI=1S/C21H25F2N3/c1-15-7-11-25(12-8-15)10-2-3-16-4-5-17-18-14-24-9-6-19(18)26(21(22)23)20(17)13-16/h4-6,9,13-15,21H,2-3,7-8,10-12H2,1H3. The molecular weight excluding hydrogens is 332 g/mol. The monoisotopic (exact) mass is 357 g/mol. The number of benzene rings is 1. The summed E-state index contributed by atoms with van der Waals surface area (Å²) in [4.78, 5) is 6.63. The number of likely N-dealkylation sites (tertiary alicyclic amines) is 1. The first-order chi connectivity index (χ1) is 12.6. The maximum atomic E-state index is 13.7. The second-order valence-corrected chi connectivity index (χ2v) is 7.52. The summed E-state index contributed by atoms with van der Waals surface area (Å²) in [5, 5.41) is 1.64. The van der Waals surface area contributed by atoms with Crippen molar-refractivity contribution in [3.05, 3.63) is 42.2 Å². The molecule has 1 fully saturated rings. The molecule has 2 aromatic heterocycles. The largest absolute Gasteiger partial charge is 0.319 e. The maximum absolute atomic E-state index is 13.7. The van der Waals surface area contributed by atoms with Crippen molar-refractivity contribution >= 4 is 21.8 Å². The van der Waals surface area contributed by atoms with Crippen LogP contribution >= 0.6 is 0 Å². The molecule has 5 heteroatoms. The molecule has 26 heavy (non-hydrogen) atoms. The Morgan fingerprint density at radius 2 is 1.92 bits per heavy atom. The van der Waals surface area contributed by atoms with E-state index in [1.54, 1.807) is 18.5 Å². The van der Waals surface area contributed by atoms with Gasteiger partial charge in [0, 0.05) is 23.2 Å². The van der Waals surface area contributed by atoms with E-state index in [0.717, 1.165) is 46.2 Å². The van der Waals surface area contributed by atoms with Crippen LogP contribution in [0.4, 0.5) is 8.78 Å². The third-order valence-electron chi connectivity index (χ3n) is 5.68. The highest BCUT2D eigenvalue weighted by Crippen LogP contribution is 2.33. The molecule has 3 nitrogen and oxygen atoms in total. The average Bonchev–Trinajstić information content (AvgIpc) is 2.97. The number of nitrogens with zero attached hydrogens (tertiary/aromatic N) is 3. The highest BCUT2D eigenvalue weighted by molar-refractivity contribution is 6.07. The minimum atomic E-state index is -2.55. The van der Waals surface area contributed by atoms with Crippen LogP contribution in [-0.4, -0.2) is 34.1 Å². The van der Waals surface area contributed by atoms with E-state index < -0.39 is 6.55 Å². The van der Waals surface area contributed by atoms with Gasteiger partial charge >= 0.3 is 6.55 Å². The Labute approximate surface area is 152 Å². The lowest BCUT2D eigenvalue weighted by molar-refractivity contribution is 0.0796. The van der Waals surface area contributed by atoms with Gasteiger partial charge in [0.1, 0.15) is 0 Å². The number of pyridine rings is 1. The van der Waals surface area contributed by atoms with Crippen LogP contribution in [0.2, 0.25) is 0 Å². The smallest absolute Gasteiger partial charge is 0.303 e. The number of halogens is 2. The molecule has 0 amide bonds. The Hall–Kier alpha value is -2.01. The summed E-state index contributed by atoms with van der Waals surface area (Å²) >= 11 is 0. The number of hydrogen-bond donors (Lipinski definition) is 0. The normalized spacial score (nSPS) is 16.9. The summed E-state index contributed by atoms with van der Waals surface area (Å²) in [7, 11) is 0. The topological polar surface area (TPSA) is 21.1 Å². The second-order valence-electron chi connectivity index (χ2n) is 7.52. The molecule has 0 saturated carbocycles. The number of aromatic nitrogens is 2. The van der Waals surface area contributed by atoms with Crippen LogP contribution < -0.4 is 0 Å². The molecule has 0 unspecified atom stereocenters. The van der Waals surface area contributed by atoms with Gasteiger partial charge in [-0.1, -0.05) is 19.1 Å². The van der Waals surface area contributed by atoms with Crippen LogP contribution in [-0.2, 0) is 6.42 Å². The third kappa shape index (κ3) is 3.32. The zero-order chi connectivity index (χ0) is 18.1. The second kappa shape index (κ2) is 7.31. The Bertz CT molecular complexity index is 895. The number of alkyl halides is 2. The predicted molar refractivity (Wildman–Crippen MR) is 102 cm³/mol. The molecule has 0 aliphatic carbocycles. The highest BCUT2D eigenvalue weighted by atomic mass is 19.3. The Morgan fingerprint density at radius 3 is 2.69 bits per heavy atom. The van der Waals surface area contributed by atoms with Gasteiger partial charge in [0.25, 0.3) is 0 Å². The van der Waals surface area contributed by atoms with Crippen molar-refractivity contribution in [3.63, 3.8) is 0 Å². The van der Waals surface area contributed by atoms with Gasteiger partial charge in [-0.25, -0.2) is 0 Å². The molecule has 3 heterocycles. The van der Waals surface area contributed by atoms with Crippen LogP contribution in [0.3, 0.4) is 0 Å². The van der Waals surface area contributed by atoms with E-state index in [1.807, 2.05) is 12.1 Å². The maximum Gasteiger partial charge on any atom is 0.319 e. The summed E-state index contributed by atoms with van der Waals surface area (Å²) < 4.78 is 28.4. The predicted octanol–water partition coefficient (Wildman–Crippen LogP) is 5.25. The third-order valence-corrected chi connectivity index (χ3v) is 5.68. The fourth-order valence-electron chi connectivity index (χ4n) is 4.10. The molecule has 138 valence electrons. The summed E-state index contributed by atoms with van der Waals surface area (Å²) in [6, 6.07) is 7.64. The van der Waals surface area contributed by atoms with Gasteiger partial charge in [0.2, 0.25) is 0 Å². The van der Waals surface area contributed by atoms with Crippen molar-refractivity contribution in [3.8, 4) is 0 Å². The van der Waals surface area contributed by atoms with E-state index in [4.69, 9.17) is 0 Å². The minimum Gasteiger partial charge on any atom is -0.303 e. The van der Waals surface area contributed by atoms with E-state index in [9.17, 15) is 8.78 Å². The van der Waals surface area contributed by atoms with E-state index in [2.05, 4.69) is 22.9 Å². The van der Waals surface area contributed by atoms with Crippen LogP contribution in [0.1, 0.15) is 38.3 Å². The summed E-state index contributed by atoms with van der Waals surface area (Å²) in [5.41, 5.74) is 2.28. The summed E-state index contributed by atoms with van der Waals surface area (Å²) in [6.07, 6.45) is 7.80. The van der Waals surface area contributed by atoms with Gasteiger partial charge in [-0.3, -0.25) is 9.55 Å². The zero-order valence-electron chi connectivity index (χ0n) is 15.2. The van der Waals surface area contributed by atoms with Crippen molar-refractivity contribution < 1.29 is 8.78 Å². The molecular formula is C21H25F2N3. The molecule has 0 atom stereocenters. The molecule has 1 aromatic carbocycles. The first kappa shape index (κ1) is 17.4. The molecule has 0 radical (unpaired) electrons. The Morgan fingerprint density at radius 1 is 1.12 bits per heavy atom. The van der Waals surface area contributed by atoms with Gasteiger partial charge in [0.15, 0.2) is 0 Å². The average molecular weight is 357 g/mol. The number of aryl methyl sites for hydroxylation is 1. The molecule has 1 aliphatic heterocycles. The summed E-state index contributed by atoms with van der Waals surface area (Å²) in [5.74, 6) is 0.847. The number of piperidine rings is 1. The van der Waals surface area contributed by atoms with Crippen molar-refractivity contribution in [2.45, 2.75) is 39.2 Å². The van der Waals surface area contributed by atoms with Crippen LogP contribution in [0.15, 0.2) is 36.7 Å². The summed E-state index contributed by atoms with van der Waals surface area (Å²) in [6.45, 7) is 3.24. The SMILES string of the molecule is CC1CCN(CCCc2ccc3c4cnccc4n(C(F)F)c3c2)CC1. The van der Waals surface area contributed by atoms with Crippen molar-refractivity contribution in [1.29, 1.82) is 0 Å². The van der Waals surface area contributed by atoms with E-state index >= 15 is 0 Å². The van der Waals surface area contributed by atoms with Crippen molar-refractivity contribution in [1.82, 2.24) is 14.5 Å². The number of hydrogen-bond acceptors (Lipinski definition) is 2. The van der Waals surface area contributed by atoms with Gasteiger partial charge in [-0.15, -0.1) is 0 Å². The quantitative estimate of drug-likeness (QED) is 0.622. The lowest BCUT2D eigenvalue weighted by atomic mass is 9.99. The minimum absolute atomic E-state index is 0.546. The first-order valence-corrected chi connectivity index (χ1v) is 9.50. The molecule has 1 saturated heterocycles. The Kier molecular flexibility index (Phi) is 4.90. The Balaban J connectivity index is 1.53.